The van der Waals surface area contributed by atoms with Gasteiger partial charge in [0.05, 0.1) is 11.2 Å². The maximum Gasteiger partial charge on any atom is 0.113 e. The molecule has 0 radical (unpaired) electrons. The van der Waals surface area contributed by atoms with Crippen molar-refractivity contribution in [3.05, 3.63) is 15.6 Å². The summed E-state index contributed by atoms with van der Waals surface area (Å²) in [5.41, 5.74) is 7.50. The lowest BCUT2D eigenvalue weighted by atomic mass is 9.92. The molecule has 1 aliphatic rings. The van der Waals surface area contributed by atoms with Crippen molar-refractivity contribution < 1.29 is 0 Å². The second-order valence-electron chi connectivity index (χ2n) is 4.97. The quantitative estimate of drug-likeness (QED) is 0.815. The van der Waals surface area contributed by atoms with Crippen molar-refractivity contribution in [2.24, 2.45) is 5.73 Å². The van der Waals surface area contributed by atoms with E-state index >= 15 is 0 Å². The number of nitrogens with two attached hydrogens (primary N) is 1. The molecule has 1 aliphatic heterocycles. The van der Waals surface area contributed by atoms with Gasteiger partial charge in [0.1, 0.15) is 5.01 Å². The van der Waals surface area contributed by atoms with Crippen LogP contribution in [-0.4, -0.2) is 30.0 Å². The Kier molecular flexibility index (Phi) is 3.33. The van der Waals surface area contributed by atoms with E-state index in [1.54, 1.807) is 11.3 Å². The minimum absolute atomic E-state index is 0.186. The predicted octanol–water partition coefficient (Wildman–Crippen LogP) is 2.03. The molecular weight excluding hydrogens is 218 g/mol. The molecule has 0 spiro atoms. The van der Waals surface area contributed by atoms with E-state index in [4.69, 9.17) is 5.73 Å². The number of aryl methyl sites for hydroxylation is 2. The Labute approximate surface area is 102 Å². The minimum atomic E-state index is -0.186. The Bertz CT molecular complexity index is 355. The van der Waals surface area contributed by atoms with Gasteiger partial charge in [-0.2, -0.15) is 0 Å². The van der Waals surface area contributed by atoms with Crippen LogP contribution in [0.3, 0.4) is 0 Å². The Hall–Kier alpha value is -0.450. The fraction of sp³-hybridized carbons (Fsp3) is 0.750. The fourth-order valence-corrected chi connectivity index (χ4v) is 3.26. The third kappa shape index (κ3) is 2.29. The summed E-state index contributed by atoms with van der Waals surface area (Å²) in [5, 5.41) is 1.14. The van der Waals surface area contributed by atoms with Gasteiger partial charge in [0.25, 0.3) is 0 Å². The van der Waals surface area contributed by atoms with Gasteiger partial charge < -0.3 is 10.6 Å². The van der Waals surface area contributed by atoms with Crippen molar-refractivity contribution in [2.45, 2.75) is 38.6 Å². The molecule has 16 heavy (non-hydrogen) atoms. The standard InChI is InChI=1S/C12H21N3S/c1-9-10(2)16-11(14-9)12(13)5-4-7-15(3)8-6-12/h4-8,13H2,1-3H3. The first-order valence-corrected chi connectivity index (χ1v) is 6.75. The smallest absolute Gasteiger partial charge is 0.113 e. The average molecular weight is 239 g/mol. The zero-order valence-electron chi connectivity index (χ0n) is 10.4. The molecule has 1 saturated heterocycles. The summed E-state index contributed by atoms with van der Waals surface area (Å²) in [5.74, 6) is 0. The Morgan fingerprint density at radius 3 is 2.69 bits per heavy atom. The fourth-order valence-electron chi connectivity index (χ4n) is 2.19. The molecule has 90 valence electrons. The van der Waals surface area contributed by atoms with E-state index in [1.165, 1.54) is 11.3 Å². The zero-order chi connectivity index (χ0) is 11.8. The highest BCUT2D eigenvalue weighted by molar-refractivity contribution is 7.11. The molecule has 2 N–H and O–H groups in total. The maximum absolute atomic E-state index is 6.55. The van der Waals surface area contributed by atoms with Gasteiger partial charge in [-0.25, -0.2) is 4.98 Å². The second kappa shape index (κ2) is 4.43. The van der Waals surface area contributed by atoms with Crippen LogP contribution in [0.5, 0.6) is 0 Å². The zero-order valence-corrected chi connectivity index (χ0v) is 11.2. The van der Waals surface area contributed by atoms with E-state index in [0.717, 1.165) is 36.6 Å². The summed E-state index contributed by atoms with van der Waals surface area (Å²) < 4.78 is 0. The maximum atomic E-state index is 6.55. The molecule has 1 aromatic heterocycles. The summed E-state index contributed by atoms with van der Waals surface area (Å²) >= 11 is 1.78. The summed E-state index contributed by atoms with van der Waals surface area (Å²) in [6.07, 6.45) is 3.25. The first kappa shape index (κ1) is 12.0. The molecule has 0 aromatic carbocycles. The number of aromatic nitrogens is 1. The van der Waals surface area contributed by atoms with Gasteiger partial charge in [0.2, 0.25) is 0 Å². The highest BCUT2D eigenvalue weighted by Crippen LogP contribution is 2.33. The van der Waals surface area contributed by atoms with Gasteiger partial charge in [0.15, 0.2) is 0 Å². The molecule has 2 rings (SSSR count). The van der Waals surface area contributed by atoms with E-state index in [2.05, 4.69) is 30.8 Å². The number of likely N-dealkylation sites (tertiary alicyclic amines) is 1. The van der Waals surface area contributed by atoms with Crippen LogP contribution in [0.4, 0.5) is 0 Å². The largest absolute Gasteiger partial charge is 0.319 e. The molecule has 1 fully saturated rings. The topological polar surface area (TPSA) is 42.1 Å². The van der Waals surface area contributed by atoms with Crippen molar-refractivity contribution in [3.8, 4) is 0 Å². The highest BCUT2D eigenvalue weighted by atomic mass is 32.1. The monoisotopic (exact) mass is 239 g/mol. The minimum Gasteiger partial charge on any atom is -0.319 e. The Morgan fingerprint density at radius 1 is 1.31 bits per heavy atom. The molecule has 1 aromatic rings. The lowest BCUT2D eigenvalue weighted by Crippen LogP contribution is -2.37. The van der Waals surface area contributed by atoms with Crippen molar-refractivity contribution in [3.63, 3.8) is 0 Å². The highest BCUT2D eigenvalue weighted by Gasteiger charge is 2.32. The van der Waals surface area contributed by atoms with Crippen LogP contribution in [0.1, 0.15) is 34.8 Å². The number of hydrogen-bond donors (Lipinski definition) is 1. The number of hydrogen-bond acceptors (Lipinski definition) is 4. The number of nitrogens with zero attached hydrogens (tertiary/aromatic N) is 2. The third-order valence-electron chi connectivity index (χ3n) is 3.56. The van der Waals surface area contributed by atoms with Crippen LogP contribution in [0, 0.1) is 13.8 Å². The van der Waals surface area contributed by atoms with Gasteiger partial charge in [0, 0.05) is 4.88 Å². The van der Waals surface area contributed by atoms with Gasteiger partial charge in [-0.15, -0.1) is 11.3 Å². The van der Waals surface area contributed by atoms with Crippen molar-refractivity contribution in [1.82, 2.24) is 9.88 Å². The van der Waals surface area contributed by atoms with Gasteiger partial charge in [-0.1, -0.05) is 0 Å². The van der Waals surface area contributed by atoms with Crippen molar-refractivity contribution >= 4 is 11.3 Å². The van der Waals surface area contributed by atoms with E-state index in [-0.39, 0.29) is 5.54 Å². The first-order chi connectivity index (χ1) is 7.51. The lowest BCUT2D eigenvalue weighted by Gasteiger charge is -2.25. The van der Waals surface area contributed by atoms with Crippen LogP contribution < -0.4 is 5.73 Å². The summed E-state index contributed by atoms with van der Waals surface area (Å²) in [6, 6.07) is 0. The summed E-state index contributed by atoms with van der Waals surface area (Å²) in [6.45, 7) is 6.43. The summed E-state index contributed by atoms with van der Waals surface area (Å²) in [7, 11) is 2.17. The molecule has 1 atom stereocenters. The Morgan fingerprint density at radius 2 is 2.06 bits per heavy atom. The van der Waals surface area contributed by atoms with Crippen LogP contribution in [-0.2, 0) is 5.54 Å². The second-order valence-corrected chi connectivity index (χ2v) is 6.18. The first-order valence-electron chi connectivity index (χ1n) is 5.93. The Balaban J connectivity index is 2.23. The number of thiazole rings is 1. The number of rotatable bonds is 1. The van der Waals surface area contributed by atoms with Crippen LogP contribution >= 0.6 is 11.3 Å². The molecular formula is C12H21N3S. The summed E-state index contributed by atoms with van der Waals surface area (Å²) in [4.78, 5) is 8.31. The van der Waals surface area contributed by atoms with Gasteiger partial charge >= 0.3 is 0 Å². The van der Waals surface area contributed by atoms with Crippen LogP contribution in [0.15, 0.2) is 0 Å². The van der Waals surface area contributed by atoms with Crippen LogP contribution in [0.2, 0.25) is 0 Å². The van der Waals surface area contributed by atoms with E-state index in [0.29, 0.717) is 0 Å². The SMILES string of the molecule is Cc1nc(C2(N)CCCN(C)CC2)sc1C. The van der Waals surface area contributed by atoms with Crippen molar-refractivity contribution in [1.29, 1.82) is 0 Å². The molecule has 1 unspecified atom stereocenters. The molecule has 4 heteroatoms. The molecule has 0 aliphatic carbocycles. The van der Waals surface area contributed by atoms with Crippen molar-refractivity contribution in [2.75, 3.05) is 20.1 Å². The van der Waals surface area contributed by atoms with Gasteiger partial charge in [-0.05, 0) is 53.2 Å². The molecule has 0 saturated carbocycles. The normalized spacial score (nSPS) is 28.0. The third-order valence-corrected chi connectivity index (χ3v) is 4.85. The molecule has 2 heterocycles. The lowest BCUT2D eigenvalue weighted by molar-refractivity contribution is 0.329. The van der Waals surface area contributed by atoms with E-state index < -0.39 is 0 Å². The van der Waals surface area contributed by atoms with Crippen LogP contribution in [0.25, 0.3) is 0 Å². The molecule has 0 bridgehead atoms. The predicted molar refractivity (Wildman–Crippen MR) is 68.8 cm³/mol. The average Bonchev–Trinajstić information content (AvgIpc) is 2.46. The van der Waals surface area contributed by atoms with Gasteiger partial charge in [-0.3, -0.25) is 0 Å². The molecule has 3 nitrogen and oxygen atoms in total. The van der Waals surface area contributed by atoms with E-state index in [1.807, 2.05) is 0 Å². The molecule has 0 amide bonds. The van der Waals surface area contributed by atoms with E-state index in [9.17, 15) is 0 Å².